The molecule has 0 radical (unpaired) electrons. The normalized spacial score (nSPS) is 11.8. The van der Waals surface area contributed by atoms with Crippen molar-refractivity contribution >= 4 is 6.02 Å². The molecule has 1 rings (SSSR count). The molecule has 7 heteroatoms. The quantitative estimate of drug-likeness (QED) is 0.374. The number of rotatable bonds is 2. The van der Waals surface area contributed by atoms with Gasteiger partial charge in [-0.2, -0.15) is 18.4 Å². The SMILES string of the molecule is N#CNC(=NCC(F)(F)F)Oc1ccccc1. The molecule has 0 unspecified atom stereocenters. The minimum Gasteiger partial charge on any atom is -0.425 e. The van der Waals surface area contributed by atoms with E-state index in [9.17, 15) is 13.2 Å². The summed E-state index contributed by atoms with van der Waals surface area (Å²) in [6.07, 6.45) is -2.99. The number of amidine groups is 1. The molecule has 0 bridgehead atoms. The van der Waals surface area contributed by atoms with E-state index in [1.807, 2.05) is 5.32 Å². The highest BCUT2D eigenvalue weighted by atomic mass is 19.4. The third kappa shape index (κ3) is 5.41. The molecule has 0 saturated carbocycles. The van der Waals surface area contributed by atoms with Gasteiger partial charge >= 0.3 is 12.2 Å². The Morgan fingerprint density at radius 3 is 2.53 bits per heavy atom. The van der Waals surface area contributed by atoms with Gasteiger partial charge in [-0.15, -0.1) is 0 Å². The third-order valence-electron chi connectivity index (χ3n) is 1.52. The number of nitriles is 1. The summed E-state index contributed by atoms with van der Waals surface area (Å²) < 4.78 is 40.7. The van der Waals surface area contributed by atoms with E-state index >= 15 is 0 Å². The fraction of sp³-hybridized carbons (Fsp3) is 0.200. The van der Waals surface area contributed by atoms with Crippen LogP contribution in [0.1, 0.15) is 0 Å². The Bertz CT molecular complexity index is 423. The average molecular weight is 243 g/mol. The number of hydrogen-bond donors (Lipinski definition) is 1. The summed E-state index contributed by atoms with van der Waals surface area (Å²) >= 11 is 0. The van der Waals surface area contributed by atoms with Crippen LogP contribution >= 0.6 is 0 Å². The van der Waals surface area contributed by atoms with Crippen molar-refractivity contribution in [2.45, 2.75) is 6.18 Å². The van der Waals surface area contributed by atoms with Gasteiger partial charge < -0.3 is 4.74 Å². The van der Waals surface area contributed by atoms with Crippen LogP contribution in [0.5, 0.6) is 5.75 Å². The summed E-state index contributed by atoms with van der Waals surface area (Å²) in [5.74, 6) is 0.288. The molecule has 0 aromatic heterocycles. The van der Waals surface area contributed by atoms with Crippen LogP contribution in [0.4, 0.5) is 13.2 Å². The summed E-state index contributed by atoms with van der Waals surface area (Å²) in [5, 5.41) is 10.3. The topological polar surface area (TPSA) is 57.4 Å². The van der Waals surface area contributed by atoms with Crippen molar-refractivity contribution in [3.05, 3.63) is 30.3 Å². The molecule has 1 aromatic rings. The van der Waals surface area contributed by atoms with Crippen molar-refractivity contribution in [3.8, 4) is 11.9 Å². The van der Waals surface area contributed by atoms with Crippen LogP contribution in [-0.4, -0.2) is 18.7 Å². The van der Waals surface area contributed by atoms with E-state index in [-0.39, 0.29) is 5.75 Å². The first-order valence-corrected chi connectivity index (χ1v) is 4.50. The van der Waals surface area contributed by atoms with Gasteiger partial charge in [0.05, 0.1) is 0 Å². The van der Waals surface area contributed by atoms with E-state index in [1.165, 1.54) is 18.3 Å². The molecule has 0 aliphatic rings. The van der Waals surface area contributed by atoms with Gasteiger partial charge in [0, 0.05) is 0 Å². The molecule has 0 spiro atoms. The smallest absolute Gasteiger partial charge is 0.408 e. The molecule has 0 heterocycles. The summed E-state index contributed by atoms with van der Waals surface area (Å²) in [6, 6.07) is 7.57. The molecule has 0 aliphatic carbocycles. The van der Waals surface area contributed by atoms with Crippen molar-refractivity contribution in [3.63, 3.8) is 0 Å². The van der Waals surface area contributed by atoms with Crippen molar-refractivity contribution in [1.82, 2.24) is 5.32 Å². The van der Waals surface area contributed by atoms with Gasteiger partial charge in [-0.3, -0.25) is 0 Å². The first-order valence-electron chi connectivity index (χ1n) is 4.50. The zero-order valence-corrected chi connectivity index (χ0v) is 8.53. The maximum atomic E-state index is 11.9. The van der Waals surface area contributed by atoms with Crippen LogP contribution in [0, 0.1) is 11.5 Å². The Kier molecular flexibility index (Phi) is 4.34. The lowest BCUT2D eigenvalue weighted by molar-refractivity contribution is -0.118. The molecule has 4 nitrogen and oxygen atoms in total. The summed E-state index contributed by atoms with van der Waals surface area (Å²) in [5.41, 5.74) is 0. The van der Waals surface area contributed by atoms with Crippen LogP contribution in [0.25, 0.3) is 0 Å². The molecule has 17 heavy (non-hydrogen) atoms. The van der Waals surface area contributed by atoms with E-state index < -0.39 is 18.7 Å². The molecule has 0 amide bonds. The number of alkyl halides is 3. The third-order valence-corrected chi connectivity index (χ3v) is 1.52. The number of nitrogens with one attached hydrogen (secondary N) is 1. The first-order chi connectivity index (χ1) is 8.01. The number of nitrogens with zero attached hydrogens (tertiary/aromatic N) is 2. The lowest BCUT2D eigenvalue weighted by Gasteiger charge is -2.07. The monoisotopic (exact) mass is 243 g/mol. The zero-order chi connectivity index (χ0) is 12.7. The Hall–Kier alpha value is -2.23. The number of hydrogen-bond acceptors (Lipinski definition) is 3. The predicted molar refractivity (Wildman–Crippen MR) is 54.2 cm³/mol. The highest BCUT2D eigenvalue weighted by molar-refractivity contribution is 5.77. The number of aliphatic imine (C=N–C) groups is 1. The molecule has 0 fully saturated rings. The minimum absolute atomic E-state index is 0.288. The number of para-hydroxylation sites is 1. The number of halogens is 3. The Morgan fingerprint density at radius 1 is 1.35 bits per heavy atom. The molecule has 1 aromatic carbocycles. The largest absolute Gasteiger partial charge is 0.425 e. The van der Waals surface area contributed by atoms with Crippen molar-refractivity contribution in [1.29, 1.82) is 5.26 Å². The highest BCUT2D eigenvalue weighted by Crippen LogP contribution is 2.15. The van der Waals surface area contributed by atoms with Crippen molar-refractivity contribution in [2.75, 3.05) is 6.54 Å². The Labute approximate surface area is 95.3 Å². The van der Waals surface area contributed by atoms with Gasteiger partial charge in [0.1, 0.15) is 12.3 Å². The average Bonchev–Trinajstić information content (AvgIpc) is 2.27. The Balaban J connectivity index is 2.70. The summed E-state index contributed by atoms with van der Waals surface area (Å²) in [7, 11) is 0. The molecule has 1 N–H and O–H groups in total. The van der Waals surface area contributed by atoms with Crippen molar-refractivity contribution < 1.29 is 17.9 Å². The van der Waals surface area contributed by atoms with Crippen LogP contribution in [0.2, 0.25) is 0 Å². The summed E-state index contributed by atoms with van der Waals surface area (Å²) in [6.45, 7) is -1.41. The van der Waals surface area contributed by atoms with E-state index in [1.54, 1.807) is 18.2 Å². The molecular weight excluding hydrogens is 235 g/mol. The second-order valence-corrected chi connectivity index (χ2v) is 2.89. The molecule has 0 aliphatic heterocycles. The van der Waals surface area contributed by atoms with Crippen LogP contribution in [-0.2, 0) is 0 Å². The standard InChI is InChI=1S/C10H8F3N3O/c11-10(12,13)6-15-9(16-7-14)17-8-4-2-1-3-5-8/h1-5H,6H2,(H,15,16). The van der Waals surface area contributed by atoms with Gasteiger partial charge in [0.15, 0.2) is 6.19 Å². The van der Waals surface area contributed by atoms with E-state index in [2.05, 4.69) is 4.99 Å². The molecule has 90 valence electrons. The first kappa shape index (κ1) is 12.8. The zero-order valence-electron chi connectivity index (χ0n) is 8.53. The van der Waals surface area contributed by atoms with Crippen molar-refractivity contribution in [2.24, 2.45) is 4.99 Å². The van der Waals surface area contributed by atoms with E-state index in [4.69, 9.17) is 10.00 Å². The molecule has 0 atom stereocenters. The second kappa shape index (κ2) is 5.75. The van der Waals surface area contributed by atoms with Crippen LogP contribution < -0.4 is 10.1 Å². The van der Waals surface area contributed by atoms with Gasteiger partial charge in [0.2, 0.25) is 0 Å². The van der Waals surface area contributed by atoms with E-state index in [0.717, 1.165) is 0 Å². The number of benzene rings is 1. The lowest BCUT2D eigenvalue weighted by atomic mass is 10.3. The second-order valence-electron chi connectivity index (χ2n) is 2.89. The maximum Gasteiger partial charge on any atom is 0.408 e. The fourth-order valence-electron chi connectivity index (χ4n) is 0.907. The summed E-state index contributed by atoms with van der Waals surface area (Å²) in [4.78, 5) is 3.12. The van der Waals surface area contributed by atoms with Crippen LogP contribution in [0.15, 0.2) is 35.3 Å². The van der Waals surface area contributed by atoms with E-state index in [0.29, 0.717) is 0 Å². The van der Waals surface area contributed by atoms with Gasteiger partial charge in [-0.25, -0.2) is 10.3 Å². The minimum atomic E-state index is -4.44. The van der Waals surface area contributed by atoms with Gasteiger partial charge in [0.25, 0.3) is 0 Å². The lowest BCUT2D eigenvalue weighted by Crippen LogP contribution is -2.27. The highest BCUT2D eigenvalue weighted by Gasteiger charge is 2.27. The number of ether oxygens (including phenoxy) is 1. The van der Waals surface area contributed by atoms with Gasteiger partial charge in [-0.05, 0) is 12.1 Å². The predicted octanol–water partition coefficient (Wildman–Crippen LogP) is 2.05. The van der Waals surface area contributed by atoms with Gasteiger partial charge in [-0.1, -0.05) is 18.2 Å². The fourth-order valence-corrected chi connectivity index (χ4v) is 0.907. The Morgan fingerprint density at radius 2 is 2.00 bits per heavy atom. The molecular formula is C10H8F3N3O. The maximum absolute atomic E-state index is 11.9. The molecule has 0 saturated heterocycles. The van der Waals surface area contributed by atoms with Crippen LogP contribution in [0.3, 0.4) is 0 Å².